The Morgan fingerprint density at radius 2 is 1.76 bits per heavy atom. The van der Waals surface area contributed by atoms with Gasteiger partial charge in [0.1, 0.15) is 5.82 Å². The van der Waals surface area contributed by atoms with Gasteiger partial charge in [-0.15, -0.1) is 5.10 Å². The normalized spacial score (nSPS) is 11.8. The van der Waals surface area contributed by atoms with Gasteiger partial charge in [0, 0.05) is 13.1 Å². The highest BCUT2D eigenvalue weighted by Crippen LogP contribution is 2.23. The molecule has 0 saturated heterocycles. The van der Waals surface area contributed by atoms with Gasteiger partial charge in [0.15, 0.2) is 0 Å². The molecule has 1 aromatic heterocycles. The second kappa shape index (κ2) is 11.7. The smallest absolute Gasteiger partial charge is 0.246 e. The SMILES string of the molecule is C=CC(=O)N1CC=C(c2ccc(-n3nc(C)nc3N)cc2)C1.C=CC=C.NC=O. The maximum Gasteiger partial charge on any atom is 0.246 e. The van der Waals surface area contributed by atoms with Crippen LogP contribution in [-0.2, 0) is 9.59 Å². The number of carbonyl (C=O) groups excluding carboxylic acids is 2. The zero-order valence-corrected chi connectivity index (χ0v) is 16.5. The van der Waals surface area contributed by atoms with Crippen LogP contribution in [0.25, 0.3) is 11.3 Å². The molecule has 0 radical (unpaired) electrons. The number of carbonyl (C=O) groups is 2. The van der Waals surface area contributed by atoms with Gasteiger partial charge in [-0.1, -0.05) is 50.1 Å². The van der Waals surface area contributed by atoms with Gasteiger partial charge < -0.3 is 16.4 Å². The van der Waals surface area contributed by atoms with E-state index < -0.39 is 0 Å². The van der Waals surface area contributed by atoms with E-state index in [1.54, 1.807) is 28.7 Å². The number of nitrogens with two attached hydrogens (primary N) is 2. The summed E-state index contributed by atoms with van der Waals surface area (Å²) in [5.74, 6) is 0.959. The maximum atomic E-state index is 11.6. The van der Waals surface area contributed by atoms with E-state index >= 15 is 0 Å². The zero-order chi connectivity index (χ0) is 21.8. The first kappa shape index (κ1) is 23.1. The molecule has 29 heavy (non-hydrogen) atoms. The molecule has 8 heteroatoms. The minimum atomic E-state index is -0.0475. The van der Waals surface area contributed by atoms with E-state index in [9.17, 15) is 4.79 Å². The molecule has 1 aliphatic heterocycles. The molecule has 1 aliphatic rings. The Balaban J connectivity index is 0.000000526. The first-order valence-electron chi connectivity index (χ1n) is 8.70. The molecule has 0 bridgehead atoms. The molecular weight excluding hydrogens is 368 g/mol. The van der Waals surface area contributed by atoms with Gasteiger partial charge in [0.2, 0.25) is 18.3 Å². The summed E-state index contributed by atoms with van der Waals surface area (Å²) < 4.78 is 1.61. The zero-order valence-electron chi connectivity index (χ0n) is 16.5. The van der Waals surface area contributed by atoms with Crippen molar-refractivity contribution in [1.82, 2.24) is 19.7 Å². The van der Waals surface area contributed by atoms with Crippen LogP contribution in [0.15, 0.2) is 68.3 Å². The number of allylic oxidation sites excluding steroid dienone is 2. The van der Waals surface area contributed by atoms with E-state index in [0.29, 0.717) is 24.9 Å². The fourth-order valence-corrected chi connectivity index (χ4v) is 2.50. The minimum Gasteiger partial charge on any atom is -0.372 e. The molecule has 8 nitrogen and oxygen atoms in total. The number of anilines is 1. The van der Waals surface area contributed by atoms with Crippen molar-refractivity contribution in [3.8, 4) is 5.69 Å². The Hall–Kier alpha value is -3.94. The lowest BCUT2D eigenvalue weighted by atomic mass is 10.1. The van der Waals surface area contributed by atoms with E-state index in [-0.39, 0.29) is 12.3 Å². The quantitative estimate of drug-likeness (QED) is 0.467. The molecule has 0 aliphatic carbocycles. The standard InChI is InChI=1S/C16H17N5O.C4H6.CH3NO/c1-3-15(22)20-9-8-13(10-20)12-4-6-14(7-5-12)21-16(17)18-11(2)19-21;1-3-4-2;2-1-3/h3-8H,1,9-10H2,2H3,(H2,17,18,19);3-4H,1-2H2;1H,(H2,2,3). The van der Waals surface area contributed by atoms with Gasteiger partial charge in [-0.25, -0.2) is 0 Å². The van der Waals surface area contributed by atoms with Gasteiger partial charge in [0.25, 0.3) is 0 Å². The van der Waals surface area contributed by atoms with Crippen molar-refractivity contribution in [1.29, 1.82) is 0 Å². The molecule has 2 aromatic rings. The van der Waals surface area contributed by atoms with Crippen molar-refractivity contribution in [2.75, 3.05) is 18.8 Å². The number of rotatable bonds is 4. The third kappa shape index (κ3) is 6.62. The van der Waals surface area contributed by atoms with Crippen molar-refractivity contribution in [2.24, 2.45) is 5.73 Å². The van der Waals surface area contributed by atoms with Crippen molar-refractivity contribution < 1.29 is 9.59 Å². The van der Waals surface area contributed by atoms with Crippen LogP contribution in [0.4, 0.5) is 5.95 Å². The van der Waals surface area contributed by atoms with Gasteiger partial charge in [-0.3, -0.25) is 9.59 Å². The van der Waals surface area contributed by atoms with Crippen LogP contribution < -0.4 is 11.5 Å². The van der Waals surface area contributed by atoms with Gasteiger partial charge in [-0.2, -0.15) is 9.67 Å². The molecule has 152 valence electrons. The molecule has 4 N–H and O–H groups in total. The maximum absolute atomic E-state index is 11.6. The van der Waals surface area contributed by atoms with Crippen molar-refractivity contribution in [3.63, 3.8) is 0 Å². The number of aromatic nitrogens is 3. The second-order valence-corrected chi connectivity index (χ2v) is 5.74. The molecule has 0 saturated carbocycles. The number of amides is 2. The average Bonchev–Trinajstić information content (AvgIpc) is 3.35. The summed E-state index contributed by atoms with van der Waals surface area (Å²) in [6.07, 6.45) is 6.93. The van der Waals surface area contributed by atoms with E-state index in [0.717, 1.165) is 16.8 Å². The monoisotopic (exact) mass is 394 g/mol. The number of primary amides is 1. The molecular formula is C21H26N6O2. The van der Waals surface area contributed by atoms with Gasteiger partial charge in [-0.05, 0) is 36.3 Å². The molecule has 0 spiro atoms. The Morgan fingerprint density at radius 1 is 1.17 bits per heavy atom. The molecule has 0 unspecified atom stereocenters. The summed E-state index contributed by atoms with van der Waals surface area (Å²) in [6.45, 7) is 13.3. The van der Waals surface area contributed by atoms with Crippen LogP contribution >= 0.6 is 0 Å². The fourth-order valence-electron chi connectivity index (χ4n) is 2.50. The molecule has 2 amide bonds. The predicted octanol–water partition coefficient (Wildman–Crippen LogP) is 2.03. The number of aryl methyl sites for hydroxylation is 1. The number of hydrogen-bond donors (Lipinski definition) is 2. The Labute approximate surface area is 170 Å². The fraction of sp³-hybridized carbons (Fsp3) is 0.143. The lowest BCUT2D eigenvalue weighted by molar-refractivity contribution is -0.124. The molecule has 0 fully saturated rings. The Kier molecular flexibility index (Phi) is 9.32. The highest BCUT2D eigenvalue weighted by molar-refractivity contribution is 5.90. The van der Waals surface area contributed by atoms with Crippen molar-refractivity contribution >= 4 is 23.8 Å². The van der Waals surface area contributed by atoms with E-state index in [2.05, 4.69) is 41.6 Å². The Bertz CT molecular complexity index is 890. The molecule has 0 atom stereocenters. The Morgan fingerprint density at radius 3 is 2.21 bits per heavy atom. The number of nitrogens with zero attached hydrogens (tertiary/aromatic N) is 4. The first-order valence-corrected chi connectivity index (χ1v) is 8.70. The second-order valence-electron chi connectivity index (χ2n) is 5.74. The van der Waals surface area contributed by atoms with Crippen molar-refractivity contribution in [2.45, 2.75) is 6.92 Å². The van der Waals surface area contributed by atoms with Crippen LogP contribution in [0.1, 0.15) is 11.4 Å². The van der Waals surface area contributed by atoms with Gasteiger partial charge >= 0.3 is 0 Å². The van der Waals surface area contributed by atoms with E-state index in [1.165, 1.54) is 6.08 Å². The molecule has 2 heterocycles. The number of hydrogen-bond acceptors (Lipinski definition) is 5. The highest BCUT2D eigenvalue weighted by Gasteiger charge is 2.18. The molecule has 1 aromatic carbocycles. The highest BCUT2D eigenvalue weighted by atomic mass is 16.2. The molecule has 3 rings (SSSR count). The summed E-state index contributed by atoms with van der Waals surface area (Å²) in [4.78, 5) is 26.0. The number of nitrogen functional groups attached to an aromatic ring is 1. The minimum absolute atomic E-state index is 0.0475. The summed E-state index contributed by atoms with van der Waals surface area (Å²) in [6, 6.07) is 7.89. The largest absolute Gasteiger partial charge is 0.372 e. The van der Waals surface area contributed by atoms with Crippen LogP contribution in [-0.4, -0.2) is 45.1 Å². The lowest BCUT2D eigenvalue weighted by Gasteiger charge is -2.14. The van der Waals surface area contributed by atoms with Gasteiger partial charge in [0.05, 0.1) is 5.69 Å². The number of benzene rings is 1. The summed E-state index contributed by atoms with van der Waals surface area (Å²) in [5.41, 5.74) is 13.1. The van der Waals surface area contributed by atoms with Crippen LogP contribution in [0.3, 0.4) is 0 Å². The van der Waals surface area contributed by atoms with Crippen molar-refractivity contribution in [3.05, 3.63) is 79.7 Å². The topological polar surface area (TPSA) is 120 Å². The summed E-state index contributed by atoms with van der Waals surface area (Å²) >= 11 is 0. The van der Waals surface area contributed by atoms with E-state index in [1.807, 2.05) is 24.3 Å². The first-order chi connectivity index (χ1) is 13.9. The average molecular weight is 394 g/mol. The predicted molar refractivity (Wildman–Crippen MR) is 116 cm³/mol. The summed E-state index contributed by atoms with van der Waals surface area (Å²) in [7, 11) is 0. The summed E-state index contributed by atoms with van der Waals surface area (Å²) in [5, 5.41) is 4.26. The lowest BCUT2D eigenvalue weighted by Crippen LogP contribution is -2.26. The van der Waals surface area contributed by atoms with Crippen LogP contribution in [0.5, 0.6) is 0 Å². The van der Waals surface area contributed by atoms with Crippen LogP contribution in [0.2, 0.25) is 0 Å². The third-order valence-corrected chi connectivity index (χ3v) is 3.79. The van der Waals surface area contributed by atoms with E-state index in [4.69, 9.17) is 10.5 Å². The third-order valence-electron chi connectivity index (χ3n) is 3.79. The van der Waals surface area contributed by atoms with Crippen LogP contribution in [0, 0.1) is 6.92 Å².